The van der Waals surface area contributed by atoms with Crippen molar-refractivity contribution in [3.05, 3.63) is 54.1 Å². The molecule has 1 N–H and O–H groups in total. The van der Waals surface area contributed by atoms with Crippen molar-refractivity contribution >= 4 is 21.9 Å². The maximum absolute atomic E-state index is 12.7. The molecule has 1 saturated heterocycles. The fourth-order valence-corrected chi connectivity index (χ4v) is 4.72. The van der Waals surface area contributed by atoms with E-state index in [1.807, 2.05) is 0 Å². The zero-order chi connectivity index (χ0) is 22.6. The van der Waals surface area contributed by atoms with Gasteiger partial charge in [0.1, 0.15) is 5.56 Å². The van der Waals surface area contributed by atoms with Crippen LogP contribution in [0.25, 0.3) is 0 Å². The summed E-state index contributed by atoms with van der Waals surface area (Å²) in [5.74, 6) is -1.55. The van der Waals surface area contributed by atoms with E-state index < -0.39 is 28.0 Å². The predicted octanol–water partition coefficient (Wildman–Crippen LogP) is 1.48. The highest BCUT2D eigenvalue weighted by Gasteiger charge is 2.32. The normalized spacial score (nSPS) is 15.9. The molecular weight excluding hydrogens is 424 g/mol. The number of hydrogen-bond acceptors (Lipinski definition) is 7. The van der Waals surface area contributed by atoms with Gasteiger partial charge < -0.3 is 19.5 Å². The van der Waals surface area contributed by atoms with Crippen LogP contribution >= 0.6 is 0 Å². The van der Waals surface area contributed by atoms with Gasteiger partial charge in [0, 0.05) is 26.2 Å². The van der Waals surface area contributed by atoms with Gasteiger partial charge in [-0.3, -0.25) is 4.79 Å². The van der Waals surface area contributed by atoms with Gasteiger partial charge in [0.25, 0.3) is 5.91 Å². The largest absolute Gasteiger partial charge is 0.504 e. The summed E-state index contributed by atoms with van der Waals surface area (Å²) in [6.07, 6.45) is -1.10. The highest BCUT2D eigenvalue weighted by molar-refractivity contribution is 7.89. The molecule has 31 heavy (non-hydrogen) atoms. The molecule has 0 aliphatic carbocycles. The number of phenols is 1. The van der Waals surface area contributed by atoms with Crippen molar-refractivity contribution in [3.63, 3.8) is 0 Å². The van der Waals surface area contributed by atoms with Crippen LogP contribution in [0.3, 0.4) is 0 Å². The van der Waals surface area contributed by atoms with E-state index in [0.717, 1.165) is 0 Å². The molecule has 0 bridgehead atoms. The van der Waals surface area contributed by atoms with Crippen molar-refractivity contribution < 1.29 is 32.6 Å². The number of phenolic OH excluding ortho intramolecular Hbond substituents is 1. The molecule has 1 atom stereocenters. The van der Waals surface area contributed by atoms with E-state index in [1.54, 1.807) is 18.2 Å². The molecule has 2 aromatic carbocycles. The summed E-state index contributed by atoms with van der Waals surface area (Å²) in [6, 6.07) is 12.5. The second kappa shape index (κ2) is 9.36. The van der Waals surface area contributed by atoms with E-state index in [1.165, 1.54) is 53.6 Å². The number of carbonyl (C=O) groups excluding carboxylic acids is 2. The molecule has 9 nitrogen and oxygen atoms in total. The molecule has 10 heteroatoms. The molecule has 1 heterocycles. The van der Waals surface area contributed by atoms with Crippen LogP contribution in [0.5, 0.6) is 11.5 Å². The van der Waals surface area contributed by atoms with E-state index in [9.17, 15) is 23.1 Å². The van der Waals surface area contributed by atoms with Crippen molar-refractivity contribution in [3.8, 4) is 11.5 Å². The van der Waals surface area contributed by atoms with E-state index in [0.29, 0.717) is 0 Å². The summed E-state index contributed by atoms with van der Waals surface area (Å²) in [5.41, 5.74) is -0.113. The Balaban J connectivity index is 1.60. The van der Waals surface area contributed by atoms with Crippen molar-refractivity contribution in [1.29, 1.82) is 0 Å². The first-order valence-corrected chi connectivity index (χ1v) is 11.1. The number of hydrogen-bond donors (Lipinski definition) is 1. The van der Waals surface area contributed by atoms with Crippen LogP contribution in [0.1, 0.15) is 17.3 Å². The van der Waals surface area contributed by atoms with Gasteiger partial charge in [-0.15, -0.1) is 0 Å². The van der Waals surface area contributed by atoms with Crippen LogP contribution in [-0.2, 0) is 19.6 Å². The summed E-state index contributed by atoms with van der Waals surface area (Å²) in [4.78, 5) is 26.7. The fourth-order valence-electron chi connectivity index (χ4n) is 3.27. The lowest BCUT2D eigenvalue weighted by Gasteiger charge is -2.35. The van der Waals surface area contributed by atoms with E-state index in [4.69, 9.17) is 9.47 Å². The standard InChI is InChI=1S/C21H24N2O7S/c1-15(30-21(26)17-9-6-10-18(29-2)19(17)24)20(25)22-11-13-23(14-12-22)31(27,28)16-7-4-3-5-8-16/h3-10,15,24H,11-14H2,1-2H3. The van der Waals surface area contributed by atoms with Crippen molar-refractivity contribution in [2.75, 3.05) is 33.3 Å². The average molecular weight is 448 g/mol. The number of amides is 1. The van der Waals surface area contributed by atoms with Gasteiger partial charge in [-0.25, -0.2) is 13.2 Å². The van der Waals surface area contributed by atoms with Crippen LogP contribution in [0, 0.1) is 0 Å². The second-order valence-electron chi connectivity index (χ2n) is 6.95. The van der Waals surface area contributed by atoms with Crippen molar-refractivity contribution in [2.24, 2.45) is 0 Å². The fraction of sp³-hybridized carbons (Fsp3) is 0.333. The minimum atomic E-state index is -3.63. The van der Waals surface area contributed by atoms with Crippen LogP contribution in [-0.4, -0.2) is 74.0 Å². The number of carbonyl (C=O) groups is 2. The molecule has 2 aromatic rings. The third-order valence-electron chi connectivity index (χ3n) is 5.00. The number of methoxy groups -OCH3 is 1. The highest BCUT2D eigenvalue weighted by Crippen LogP contribution is 2.30. The topological polar surface area (TPSA) is 113 Å². The quantitative estimate of drug-likeness (QED) is 0.666. The Morgan fingerprint density at radius 2 is 1.65 bits per heavy atom. The Hall–Kier alpha value is -3.11. The molecule has 3 rings (SSSR count). The Morgan fingerprint density at radius 3 is 2.26 bits per heavy atom. The first-order valence-electron chi connectivity index (χ1n) is 9.66. The summed E-state index contributed by atoms with van der Waals surface area (Å²) in [5, 5.41) is 10.1. The van der Waals surface area contributed by atoms with Gasteiger partial charge in [0.2, 0.25) is 10.0 Å². The summed E-state index contributed by atoms with van der Waals surface area (Å²) >= 11 is 0. The number of nitrogens with zero attached hydrogens (tertiary/aromatic N) is 2. The Morgan fingerprint density at radius 1 is 1.00 bits per heavy atom. The smallest absolute Gasteiger partial charge is 0.342 e. The first-order chi connectivity index (χ1) is 14.8. The molecular formula is C21H24N2O7S. The monoisotopic (exact) mass is 448 g/mol. The van der Waals surface area contributed by atoms with Gasteiger partial charge in [0.05, 0.1) is 12.0 Å². The molecule has 1 aliphatic rings. The first kappa shape index (κ1) is 22.6. The zero-order valence-corrected chi connectivity index (χ0v) is 18.0. The lowest BCUT2D eigenvalue weighted by molar-refractivity contribution is -0.141. The molecule has 166 valence electrons. The van der Waals surface area contributed by atoms with Crippen LogP contribution in [0.4, 0.5) is 0 Å². The van der Waals surface area contributed by atoms with Crippen LogP contribution in [0.2, 0.25) is 0 Å². The Bertz CT molecular complexity index is 1050. The minimum Gasteiger partial charge on any atom is -0.504 e. The number of piperazine rings is 1. The molecule has 1 unspecified atom stereocenters. The number of esters is 1. The lowest BCUT2D eigenvalue weighted by Crippen LogP contribution is -2.52. The second-order valence-corrected chi connectivity index (χ2v) is 8.88. The van der Waals surface area contributed by atoms with Gasteiger partial charge in [-0.05, 0) is 31.2 Å². The Kier molecular flexibility index (Phi) is 6.81. The third-order valence-corrected chi connectivity index (χ3v) is 6.91. The van der Waals surface area contributed by atoms with Gasteiger partial charge in [0.15, 0.2) is 17.6 Å². The number of para-hydroxylation sites is 1. The lowest BCUT2D eigenvalue weighted by atomic mass is 10.2. The number of sulfonamides is 1. The molecule has 1 amide bonds. The van der Waals surface area contributed by atoms with Gasteiger partial charge in [-0.1, -0.05) is 24.3 Å². The zero-order valence-electron chi connectivity index (χ0n) is 17.2. The number of rotatable bonds is 6. The minimum absolute atomic E-state index is 0.113. The van der Waals surface area contributed by atoms with E-state index in [2.05, 4.69) is 0 Å². The maximum Gasteiger partial charge on any atom is 0.342 e. The molecule has 0 saturated carbocycles. The van der Waals surface area contributed by atoms with Crippen LogP contribution < -0.4 is 4.74 Å². The van der Waals surface area contributed by atoms with Gasteiger partial charge in [-0.2, -0.15) is 4.31 Å². The molecule has 0 aromatic heterocycles. The SMILES string of the molecule is COc1cccc(C(=O)OC(C)C(=O)N2CCN(S(=O)(=O)c3ccccc3)CC2)c1O. The Labute approximate surface area is 180 Å². The summed E-state index contributed by atoms with van der Waals surface area (Å²) < 4.78 is 36.9. The highest BCUT2D eigenvalue weighted by atomic mass is 32.2. The van der Waals surface area contributed by atoms with E-state index in [-0.39, 0.29) is 48.1 Å². The van der Waals surface area contributed by atoms with Gasteiger partial charge >= 0.3 is 5.97 Å². The number of benzene rings is 2. The number of aromatic hydroxyl groups is 1. The maximum atomic E-state index is 12.7. The molecule has 0 spiro atoms. The summed E-state index contributed by atoms with van der Waals surface area (Å²) in [7, 11) is -2.27. The summed E-state index contributed by atoms with van der Waals surface area (Å²) in [6.45, 7) is 2.07. The van der Waals surface area contributed by atoms with Crippen molar-refractivity contribution in [2.45, 2.75) is 17.9 Å². The average Bonchev–Trinajstić information content (AvgIpc) is 2.79. The molecule has 0 radical (unpaired) electrons. The number of ether oxygens (including phenoxy) is 2. The predicted molar refractivity (Wildman–Crippen MR) is 111 cm³/mol. The van der Waals surface area contributed by atoms with Crippen molar-refractivity contribution in [1.82, 2.24) is 9.21 Å². The molecule has 1 fully saturated rings. The third kappa shape index (κ3) is 4.80. The molecule has 1 aliphatic heterocycles. The van der Waals surface area contributed by atoms with E-state index >= 15 is 0 Å². The van der Waals surface area contributed by atoms with Crippen LogP contribution in [0.15, 0.2) is 53.4 Å².